The lowest BCUT2D eigenvalue weighted by Gasteiger charge is -2.09. The van der Waals surface area contributed by atoms with Gasteiger partial charge in [0.1, 0.15) is 4.83 Å². The van der Waals surface area contributed by atoms with Crippen LogP contribution in [0.15, 0.2) is 28.2 Å². The molecule has 146 valence electrons. The molecule has 2 aromatic heterocycles. The highest BCUT2D eigenvalue weighted by atomic mass is 35.5. The van der Waals surface area contributed by atoms with E-state index in [1.165, 1.54) is 16.6 Å². The second-order valence-electron chi connectivity index (χ2n) is 6.56. The van der Waals surface area contributed by atoms with E-state index in [9.17, 15) is 9.59 Å². The molecule has 1 aliphatic carbocycles. The molecule has 28 heavy (non-hydrogen) atoms. The Morgan fingerprint density at radius 1 is 1.29 bits per heavy atom. The van der Waals surface area contributed by atoms with Crippen LogP contribution in [0.5, 0.6) is 0 Å². The van der Waals surface area contributed by atoms with E-state index in [1.54, 1.807) is 29.5 Å². The highest BCUT2D eigenvalue weighted by Gasteiger charge is 2.20. The van der Waals surface area contributed by atoms with Gasteiger partial charge in [-0.3, -0.25) is 9.59 Å². The van der Waals surface area contributed by atoms with Crippen LogP contribution in [0.3, 0.4) is 0 Å². The third kappa shape index (κ3) is 4.22. The van der Waals surface area contributed by atoms with Crippen molar-refractivity contribution in [2.24, 2.45) is 0 Å². The Hall–Kier alpha value is -1.54. The first-order chi connectivity index (χ1) is 13.5. The highest BCUT2D eigenvalue weighted by Crippen LogP contribution is 2.34. The van der Waals surface area contributed by atoms with Crippen molar-refractivity contribution >= 4 is 62.4 Å². The van der Waals surface area contributed by atoms with Gasteiger partial charge in [0.25, 0.3) is 5.56 Å². The normalized spacial score (nSPS) is 13.5. The molecule has 2 heterocycles. The van der Waals surface area contributed by atoms with Crippen LogP contribution >= 0.6 is 46.3 Å². The molecule has 0 unspecified atom stereocenters. The summed E-state index contributed by atoms with van der Waals surface area (Å²) in [5.74, 6) is -0.00526. The van der Waals surface area contributed by atoms with Gasteiger partial charge in [-0.05, 0) is 48.9 Å². The van der Waals surface area contributed by atoms with Crippen LogP contribution in [0.1, 0.15) is 28.8 Å². The summed E-state index contributed by atoms with van der Waals surface area (Å²) in [4.78, 5) is 34.1. The van der Waals surface area contributed by atoms with E-state index in [2.05, 4.69) is 15.3 Å². The van der Waals surface area contributed by atoms with Gasteiger partial charge in [-0.1, -0.05) is 41.0 Å². The summed E-state index contributed by atoms with van der Waals surface area (Å²) in [5, 5.41) is 5.08. The zero-order valence-electron chi connectivity index (χ0n) is 14.8. The van der Waals surface area contributed by atoms with Crippen LogP contribution in [0.2, 0.25) is 10.0 Å². The highest BCUT2D eigenvalue weighted by molar-refractivity contribution is 7.99. The molecule has 0 radical (unpaired) electrons. The molecule has 0 saturated heterocycles. The third-order valence-electron chi connectivity index (χ3n) is 4.63. The van der Waals surface area contributed by atoms with Crippen LogP contribution in [0, 0.1) is 0 Å². The van der Waals surface area contributed by atoms with Crippen molar-refractivity contribution in [1.29, 1.82) is 0 Å². The molecule has 0 fully saturated rings. The topological polar surface area (TPSA) is 74.8 Å². The number of thiophene rings is 1. The van der Waals surface area contributed by atoms with Crippen LogP contribution in [-0.2, 0) is 24.2 Å². The minimum absolute atomic E-state index is 0.111. The van der Waals surface area contributed by atoms with Crippen molar-refractivity contribution in [3.8, 4) is 0 Å². The Balaban J connectivity index is 1.41. The molecule has 9 heteroatoms. The summed E-state index contributed by atoms with van der Waals surface area (Å²) < 4.78 is 0. The Morgan fingerprint density at radius 3 is 2.93 bits per heavy atom. The van der Waals surface area contributed by atoms with Gasteiger partial charge < -0.3 is 10.3 Å². The molecule has 0 spiro atoms. The van der Waals surface area contributed by atoms with E-state index in [0.29, 0.717) is 21.7 Å². The third-order valence-corrected chi connectivity index (χ3v) is 7.28. The van der Waals surface area contributed by atoms with Gasteiger partial charge in [0.2, 0.25) is 5.91 Å². The Morgan fingerprint density at radius 2 is 2.11 bits per heavy atom. The quantitative estimate of drug-likeness (QED) is 0.437. The lowest BCUT2D eigenvalue weighted by molar-refractivity contribution is -0.118. The lowest BCUT2D eigenvalue weighted by Crippen LogP contribution is -2.25. The summed E-state index contributed by atoms with van der Waals surface area (Å²) in [6.45, 7) is 0.315. The average molecular weight is 454 g/mol. The van der Waals surface area contributed by atoms with E-state index in [4.69, 9.17) is 23.2 Å². The Bertz CT molecular complexity index is 1110. The molecule has 0 saturated carbocycles. The molecule has 2 N–H and O–H groups in total. The van der Waals surface area contributed by atoms with Crippen molar-refractivity contribution in [2.45, 2.75) is 37.4 Å². The number of thioether (sulfide) groups is 1. The largest absolute Gasteiger partial charge is 0.351 e. The average Bonchev–Trinajstić information content (AvgIpc) is 3.04. The molecular formula is C19H17Cl2N3O2S2. The van der Waals surface area contributed by atoms with Crippen molar-refractivity contribution < 1.29 is 4.79 Å². The fourth-order valence-electron chi connectivity index (χ4n) is 3.26. The first kappa shape index (κ1) is 19.8. The minimum Gasteiger partial charge on any atom is -0.351 e. The number of aryl methyl sites for hydroxylation is 2. The van der Waals surface area contributed by atoms with Crippen LogP contribution in [0.25, 0.3) is 10.2 Å². The van der Waals surface area contributed by atoms with E-state index in [1.807, 2.05) is 0 Å². The summed E-state index contributed by atoms with van der Waals surface area (Å²) in [6, 6.07) is 5.15. The van der Waals surface area contributed by atoms with Crippen LogP contribution < -0.4 is 10.9 Å². The van der Waals surface area contributed by atoms with Gasteiger partial charge in [-0.2, -0.15) is 0 Å². The predicted octanol–water partition coefficient (Wildman–Crippen LogP) is 4.58. The SMILES string of the molecule is O=C(CSc1nc2sc3c(c2c(=O)[nH]1)CCCC3)NCc1ccc(Cl)cc1Cl. The number of nitrogens with zero attached hydrogens (tertiary/aromatic N) is 1. The van der Waals surface area contributed by atoms with Crippen molar-refractivity contribution in [3.05, 3.63) is 54.6 Å². The molecular weight excluding hydrogens is 437 g/mol. The smallest absolute Gasteiger partial charge is 0.260 e. The number of aromatic nitrogens is 2. The molecule has 0 atom stereocenters. The maximum Gasteiger partial charge on any atom is 0.260 e. The number of hydrogen-bond acceptors (Lipinski definition) is 5. The zero-order chi connectivity index (χ0) is 19.7. The summed E-state index contributed by atoms with van der Waals surface area (Å²) in [7, 11) is 0. The predicted molar refractivity (Wildman–Crippen MR) is 116 cm³/mol. The Kier molecular flexibility index (Phi) is 5.96. The van der Waals surface area contributed by atoms with Gasteiger partial charge in [0, 0.05) is 21.5 Å². The number of H-pyrrole nitrogens is 1. The van der Waals surface area contributed by atoms with Gasteiger partial charge in [0.05, 0.1) is 11.1 Å². The minimum atomic E-state index is -0.163. The molecule has 0 bridgehead atoms. The van der Waals surface area contributed by atoms with Crippen molar-refractivity contribution in [1.82, 2.24) is 15.3 Å². The van der Waals surface area contributed by atoms with E-state index < -0.39 is 0 Å². The number of nitrogens with one attached hydrogen (secondary N) is 2. The first-order valence-electron chi connectivity index (χ1n) is 8.89. The van der Waals surface area contributed by atoms with Gasteiger partial charge in [0.15, 0.2) is 5.16 Å². The van der Waals surface area contributed by atoms with Crippen LogP contribution in [0.4, 0.5) is 0 Å². The summed E-state index contributed by atoms with van der Waals surface area (Å²) >= 11 is 14.8. The number of fused-ring (bicyclic) bond motifs is 3. The number of carbonyl (C=O) groups excluding carboxylic acids is 1. The van der Waals surface area contributed by atoms with Crippen LogP contribution in [-0.4, -0.2) is 21.6 Å². The monoisotopic (exact) mass is 453 g/mol. The fourth-order valence-corrected chi connectivity index (χ4v) is 5.74. The number of carbonyl (C=O) groups is 1. The van der Waals surface area contributed by atoms with Gasteiger partial charge in [-0.25, -0.2) is 4.98 Å². The van der Waals surface area contributed by atoms with E-state index in [-0.39, 0.29) is 17.2 Å². The van der Waals surface area contributed by atoms with Gasteiger partial charge in [-0.15, -0.1) is 11.3 Å². The number of amides is 1. The van der Waals surface area contributed by atoms with E-state index >= 15 is 0 Å². The molecule has 3 aromatic rings. The summed E-state index contributed by atoms with van der Waals surface area (Å²) in [6.07, 6.45) is 4.25. The lowest BCUT2D eigenvalue weighted by atomic mass is 9.97. The zero-order valence-corrected chi connectivity index (χ0v) is 18.0. The number of halogens is 2. The van der Waals surface area contributed by atoms with E-state index in [0.717, 1.165) is 47.0 Å². The number of aromatic amines is 1. The van der Waals surface area contributed by atoms with Crippen molar-refractivity contribution in [3.63, 3.8) is 0 Å². The molecule has 4 rings (SSSR count). The standard InChI is InChI=1S/C19H17Cl2N3O2S2/c20-11-6-5-10(13(21)7-11)8-22-15(25)9-27-19-23-17(26)16-12-3-1-2-4-14(12)28-18(16)24-19/h5-7H,1-4,8-9H2,(H,22,25)(H,23,24,26). The second-order valence-corrected chi connectivity index (χ2v) is 9.45. The van der Waals surface area contributed by atoms with Crippen molar-refractivity contribution in [2.75, 3.05) is 5.75 Å². The molecule has 1 aliphatic rings. The molecule has 1 aromatic carbocycles. The van der Waals surface area contributed by atoms with Gasteiger partial charge >= 0.3 is 0 Å². The first-order valence-corrected chi connectivity index (χ1v) is 11.4. The Labute approximate surface area is 179 Å². The number of rotatable bonds is 5. The number of hydrogen-bond donors (Lipinski definition) is 2. The maximum atomic E-state index is 12.5. The molecule has 1 amide bonds. The second kappa shape index (κ2) is 8.45. The molecule has 0 aliphatic heterocycles. The number of benzene rings is 1. The maximum absolute atomic E-state index is 12.5. The molecule has 5 nitrogen and oxygen atoms in total. The fraction of sp³-hybridized carbons (Fsp3) is 0.316. The summed E-state index contributed by atoms with van der Waals surface area (Å²) in [5.41, 5.74) is 1.84.